The molecule has 2 aliphatic rings. The fourth-order valence-corrected chi connectivity index (χ4v) is 4.33. The van der Waals surface area contributed by atoms with Crippen molar-refractivity contribution in [1.29, 1.82) is 0 Å². The van der Waals surface area contributed by atoms with Crippen LogP contribution in [0.15, 0.2) is 59.8 Å². The number of aromatic nitrogens is 3. The summed E-state index contributed by atoms with van der Waals surface area (Å²) >= 11 is 0. The standard InChI is InChI=1S/C23H21FN4O2/c1-23(2)11-17-19(18(30)12-23)20(15-5-3-4-6-16(15)24)28-22(25-17)26-21(27-28)13-7-9-14(29)10-8-13/h3-10,20,29H,11-12H2,1-2H3,(H,25,26,27). The summed E-state index contributed by atoms with van der Waals surface area (Å²) in [5, 5.41) is 17.5. The molecule has 7 heteroatoms. The van der Waals surface area contributed by atoms with Gasteiger partial charge in [-0.3, -0.25) is 4.79 Å². The van der Waals surface area contributed by atoms with Gasteiger partial charge >= 0.3 is 0 Å². The highest BCUT2D eigenvalue weighted by Crippen LogP contribution is 2.46. The van der Waals surface area contributed by atoms with E-state index in [0.717, 1.165) is 5.70 Å². The van der Waals surface area contributed by atoms with Crippen molar-refractivity contribution in [1.82, 2.24) is 14.8 Å². The van der Waals surface area contributed by atoms with E-state index in [4.69, 9.17) is 0 Å². The Morgan fingerprint density at radius 3 is 2.60 bits per heavy atom. The van der Waals surface area contributed by atoms with E-state index < -0.39 is 6.04 Å². The molecule has 6 nitrogen and oxygen atoms in total. The van der Waals surface area contributed by atoms with E-state index in [-0.39, 0.29) is 22.8 Å². The van der Waals surface area contributed by atoms with E-state index in [9.17, 15) is 14.3 Å². The highest BCUT2D eigenvalue weighted by atomic mass is 19.1. The number of benzene rings is 2. The highest BCUT2D eigenvalue weighted by Gasteiger charge is 2.42. The van der Waals surface area contributed by atoms with Gasteiger partial charge in [-0.05, 0) is 42.2 Å². The summed E-state index contributed by atoms with van der Waals surface area (Å²) in [6, 6.07) is 12.4. The molecule has 1 aliphatic carbocycles. The summed E-state index contributed by atoms with van der Waals surface area (Å²) in [7, 11) is 0. The van der Waals surface area contributed by atoms with Crippen LogP contribution in [0.2, 0.25) is 0 Å². The molecule has 1 unspecified atom stereocenters. The van der Waals surface area contributed by atoms with Crippen LogP contribution in [0.5, 0.6) is 5.75 Å². The number of phenols is 1. The Morgan fingerprint density at radius 1 is 1.13 bits per heavy atom. The van der Waals surface area contributed by atoms with Crippen molar-refractivity contribution in [3.8, 4) is 17.1 Å². The summed E-state index contributed by atoms with van der Waals surface area (Å²) < 4.78 is 16.4. The number of anilines is 1. The molecule has 1 aliphatic heterocycles. The zero-order valence-electron chi connectivity index (χ0n) is 16.7. The van der Waals surface area contributed by atoms with Crippen LogP contribution in [-0.4, -0.2) is 25.7 Å². The van der Waals surface area contributed by atoms with E-state index in [0.29, 0.717) is 41.3 Å². The summed E-state index contributed by atoms with van der Waals surface area (Å²) in [6.07, 6.45) is 1.06. The molecule has 0 saturated carbocycles. The van der Waals surface area contributed by atoms with Crippen LogP contribution in [0.1, 0.15) is 38.3 Å². The first-order valence-electron chi connectivity index (χ1n) is 9.86. The Balaban J connectivity index is 1.70. The number of fused-ring (bicyclic) bond motifs is 1. The molecule has 2 heterocycles. The number of aromatic hydroxyl groups is 1. The molecule has 2 N–H and O–H groups in total. The number of nitrogens with one attached hydrogen (secondary N) is 1. The molecule has 2 aromatic carbocycles. The van der Waals surface area contributed by atoms with Crippen LogP contribution >= 0.6 is 0 Å². The third-order valence-electron chi connectivity index (χ3n) is 5.66. The third kappa shape index (κ3) is 2.98. The summed E-state index contributed by atoms with van der Waals surface area (Å²) in [4.78, 5) is 17.8. The molecule has 0 spiro atoms. The molecule has 0 fully saturated rings. The topological polar surface area (TPSA) is 80.0 Å². The molecule has 3 aromatic rings. The summed E-state index contributed by atoms with van der Waals surface area (Å²) in [6.45, 7) is 4.10. The van der Waals surface area contributed by atoms with Crippen molar-refractivity contribution in [3.05, 3.63) is 71.2 Å². The number of nitrogens with zero attached hydrogens (tertiary/aromatic N) is 3. The van der Waals surface area contributed by atoms with Crippen molar-refractivity contribution >= 4 is 11.7 Å². The monoisotopic (exact) mass is 404 g/mol. The number of allylic oxidation sites excluding steroid dienone is 2. The van der Waals surface area contributed by atoms with Gasteiger partial charge in [-0.2, -0.15) is 4.98 Å². The normalized spacial score (nSPS) is 19.8. The molecular weight excluding hydrogens is 383 g/mol. The number of rotatable bonds is 2. The largest absolute Gasteiger partial charge is 0.508 e. The fraction of sp³-hybridized carbons (Fsp3) is 0.261. The Morgan fingerprint density at radius 2 is 1.87 bits per heavy atom. The highest BCUT2D eigenvalue weighted by molar-refractivity contribution is 6.00. The van der Waals surface area contributed by atoms with Gasteiger partial charge in [-0.15, -0.1) is 5.10 Å². The average molecular weight is 404 g/mol. The van der Waals surface area contributed by atoms with Crippen molar-refractivity contribution in [3.63, 3.8) is 0 Å². The van der Waals surface area contributed by atoms with Crippen LogP contribution in [-0.2, 0) is 4.79 Å². The molecule has 1 atom stereocenters. The molecular formula is C23H21FN4O2. The molecule has 0 bridgehead atoms. The van der Waals surface area contributed by atoms with Gasteiger partial charge in [0.15, 0.2) is 11.6 Å². The maximum Gasteiger partial charge on any atom is 0.226 e. The van der Waals surface area contributed by atoms with Crippen LogP contribution in [0.3, 0.4) is 0 Å². The lowest BCUT2D eigenvalue weighted by Crippen LogP contribution is -2.36. The van der Waals surface area contributed by atoms with E-state index in [1.165, 1.54) is 6.07 Å². The van der Waals surface area contributed by atoms with E-state index >= 15 is 0 Å². The molecule has 5 rings (SSSR count). The second kappa shape index (κ2) is 6.52. The second-order valence-electron chi connectivity index (χ2n) is 8.63. The smallest absolute Gasteiger partial charge is 0.226 e. The Kier molecular flexibility index (Phi) is 4.03. The molecule has 0 amide bonds. The van der Waals surface area contributed by atoms with Gasteiger partial charge < -0.3 is 10.4 Å². The zero-order chi connectivity index (χ0) is 21.0. The van der Waals surface area contributed by atoms with E-state index in [1.54, 1.807) is 47.1 Å². The van der Waals surface area contributed by atoms with Crippen molar-refractivity contribution < 1.29 is 14.3 Å². The lowest BCUT2D eigenvalue weighted by Gasteiger charge is -2.38. The van der Waals surface area contributed by atoms with Crippen molar-refractivity contribution in [2.75, 3.05) is 5.32 Å². The maximum absolute atomic E-state index is 14.8. The number of ketones is 1. The first-order chi connectivity index (χ1) is 14.3. The van der Waals surface area contributed by atoms with Crippen molar-refractivity contribution in [2.45, 2.75) is 32.7 Å². The van der Waals surface area contributed by atoms with Gasteiger partial charge in [-0.1, -0.05) is 32.0 Å². The summed E-state index contributed by atoms with van der Waals surface area (Å²) in [5.74, 6) is 0.659. The predicted octanol–water partition coefficient (Wildman–Crippen LogP) is 4.45. The zero-order valence-corrected chi connectivity index (χ0v) is 16.7. The number of carbonyl (C=O) groups is 1. The van der Waals surface area contributed by atoms with Gasteiger partial charge in [0.05, 0.1) is 0 Å². The number of hydrogen-bond acceptors (Lipinski definition) is 5. The van der Waals surface area contributed by atoms with Gasteiger partial charge in [0.1, 0.15) is 17.6 Å². The molecule has 0 radical (unpaired) electrons. The SMILES string of the molecule is CC1(C)CC(=O)C2=C(C1)Nc1nc(-c3ccc(O)cc3)nn1C2c1ccccc1F. The van der Waals surface area contributed by atoms with Crippen LogP contribution in [0, 0.1) is 11.2 Å². The first-order valence-corrected chi connectivity index (χ1v) is 9.86. The number of Topliss-reactive ketones (excluding diaryl/α,β-unsaturated/α-hetero) is 1. The van der Waals surface area contributed by atoms with Gasteiger partial charge in [-0.25, -0.2) is 9.07 Å². The lowest BCUT2D eigenvalue weighted by molar-refractivity contribution is -0.118. The van der Waals surface area contributed by atoms with Gasteiger partial charge in [0.25, 0.3) is 0 Å². The fourth-order valence-electron chi connectivity index (χ4n) is 4.33. The lowest BCUT2D eigenvalue weighted by atomic mass is 9.73. The third-order valence-corrected chi connectivity index (χ3v) is 5.66. The average Bonchev–Trinajstić information content (AvgIpc) is 3.10. The quantitative estimate of drug-likeness (QED) is 0.660. The van der Waals surface area contributed by atoms with E-state index in [2.05, 4.69) is 29.2 Å². The number of phenolic OH excluding ortho intramolecular Hbond substituents is 1. The van der Waals surface area contributed by atoms with Crippen LogP contribution in [0.25, 0.3) is 11.4 Å². The number of carbonyl (C=O) groups excluding carboxylic acids is 1. The minimum atomic E-state index is -0.681. The minimum Gasteiger partial charge on any atom is -0.508 e. The maximum atomic E-state index is 14.8. The Hall–Kier alpha value is -3.48. The summed E-state index contributed by atoms with van der Waals surface area (Å²) in [5.41, 5.74) is 2.25. The number of halogens is 1. The van der Waals surface area contributed by atoms with Gasteiger partial charge in [0, 0.05) is 28.8 Å². The van der Waals surface area contributed by atoms with Gasteiger partial charge in [0.2, 0.25) is 5.95 Å². The van der Waals surface area contributed by atoms with Crippen LogP contribution in [0.4, 0.5) is 10.3 Å². The minimum absolute atomic E-state index is 0.00524. The number of hydrogen-bond donors (Lipinski definition) is 2. The molecule has 152 valence electrons. The second-order valence-corrected chi connectivity index (χ2v) is 8.63. The molecule has 0 saturated heterocycles. The van der Waals surface area contributed by atoms with Crippen LogP contribution < -0.4 is 5.32 Å². The van der Waals surface area contributed by atoms with E-state index in [1.807, 2.05) is 0 Å². The predicted molar refractivity (Wildman–Crippen MR) is 110 cm³/mol. The Labute approximate surface area is 173 Å². The Bertz CT molecular complexity index is 1190. The molecule has 30 heavy (non-hydrogen) atoms. The van der Waals surface area contributed by atoms with Crippen molar-refractivity contribution in [2.24, 2.45) is 5.41 Å². The molecule has 1 aromatic heterocycles. The first kappa shape index (κ1) is 18.5.